The summed E-state index contributed by atoms with van der Waals surface area (Å²) in [6.45, 7) is 1.98. The van der Waals surface area contributed by atoms with Crippen LogP contribution in [0.3, 0.4) is 0 Å². The molecule has 0 aromatic carbocycles. The van der Waals surface area contributed by atoms with Gasteiger partial charge in [-0.05, 0) is 12.8 Å². The summed E-state index contributed by atoms with van der Waals surface area (Å²) in [6, 6.07) is -0.937. The first kappa shape index (κ1) is 14.6. The minimum atomic E-state index is -4.43. The van der Waals surface area contributed by atoms with Gasteiger partial charge >= 0.3 is 13.6 Å². The zero-order chi connectivity index (χ0) is 13.1. The fourth-order valence-electron chi connectivity index (χ4n) is 1.45. The Labute approximate surface area is 104 Å². The van der Waals surface area contributed by atoms with Crippen LogP contribution < -0.4 is 5.32 Å². The van der Waals surface area contributed by atoms with Crippen LogP contribution in [0.25, 0.3) is 0 Å². The summed E-state index contributed by atoms with van der Waals surface area (Å²) in [5, 5.41) is 11.3. The van der Waals surface area contributed by atoms with E-state index in [1.165, 1.54) is 11.8 Å². The molecule has 0 aromatic rings. The van der Waals surface area contributed by atoms with Gasteiger partial charge < -0.3 is 20.2 Å². The molecule has 0 radical (unpaired) electrons. The summed E-state index contributed by atoms with van der Waals surface area (Å²) in [5.41, 5.74) is -0.213. The third-order valence-electron chi connectivity index (χ3n) is 2.35. The number of rotatable bonds is 5. The maximum Gasteiger partial charge on any atom is 0.372 e. The molecule has 1 atom stereocenters. The van der Waals surface area contributed by atoms with Gasteiger partial charge in [0.15, 0.2) is 0 Å². The highest BCUT2D eigenvalue weighted by atomic mass is 32.2. The molecule has 0 aliphatic carbocycles. The number of aliphatic carboxylic acids is 1. The first-order valence-corrected chi connectivity index (χ1v) is 7.87. The van der Waals surface area contributed by atoms with Crippen molar-refractivity contribution in [2.75, 3.05) is 5.75 Å². The van der Waals surface area contributed by atoms with Crippen LogP contribution in [-0.2, 0) is 9.36 Å². The molecule has 1 aliphatic rings. The van der Waals surface area contributed by atoms with E-state index in [1.807, 2.05) is 6.92 Å². The maximum atomic E-state index is 11.3. The monoisotopic (exact) mass is 281 g/mol. The van der Waals surface area contributed by atoms with Crippen molar-refractivity contribution in [3.05, 3.63) is 10.3 Å². The average molecular weight is 281 g/mol. The van der Waals surface area contributed by atoms with Crippen LogP contribution in [0.15, 0.2) is 10.3 Å². The van der Waals surface area contributed by atoms with Gasteiger partial charge in [0.25, 0.3) is 0 Å². The van der Waals surface area contributed by atoms with Crippen LogP contribution in [0.1, 0.15) is 26.2 Å². The summed E-state index contributed by atoms with van der Waals surface area (Å²) in [6.07, 6.45) is 2.31. The Morgan fingerprint density at radius 3 is 2.71 bits per heavy atom. The van der Waals surface area contributed by atoms with E-state index < -0.39 is 19.6 Å². The Kier molecular flexibility index (Phi) is 5.06. The number of hydrogen-bond donors (Lipinski definition) is 4. The lowest BCUT2D eigenvalue weighted by Crippen LogP contribution is -2.41. The molecule has 0 saturated heterocycles. The fraction of sp³-hybridized carbons (Fsp3) is 0.667. The van der Waals surface area contributed by atoms with Gasteiger partial charge in [0.1, 0.15) is 11.5 Å². The quantitative estimate of drug-likeness (QED) is 0.563. The molecule has 0 bridgehead atoms. The van der Waals surface area contributed by atoms with E-state index in [0.717, 1.165) is 12.8 Å². The molecule has 0 saturated carbocycles. The van der Waals surface area contributed by atoms with E-state index >= 15 is 0 Å². The van der Waals surface area contributed by atoms with E-state index in [1.54, 1.807) is 0 Å². The minimum Gasteiger partial charge on any atom is -0.480 e. The Bertz CT molecular complexity index is 378. The molecular formula is C9H16NO5PS. The van der Waals surface area contributed by atoms with E-state index in [-0.39, 0.29) is 11.2 Å². The second-order valence-corrected chi connectivity index (χ2v) is 6.42. The van der Waals surface area contributed by atoms with E-state index in [9.17, 15) is 19.1 Å². The zero-order valence-corrected chi connectivity index (χ0v) is 11.1. The summed E-state index contributed by atoms with van der Waals surface area (Å²) in [4.78, 5) is 29.8. The van der Waals surface area contributed by atoms with E-state index in [0.29, 0.717) is 11.3 Å². The molecule has 98 valence electrons. The molecule has 6 nitrogen and oxygen atoms in total. The Morgan fingerprint density at radius 2 is 2.24 bits per heavy atom. The number of carbonyl (C=O) groups is 1. The van der Waals surface area contributed by atoms with Gasteiger partial charge in [0.05, 0.1) is 0 Å². The molecule has 0 spiro atoms. The second-order valence-electron chi connectivity index (χ2n) is 3.77. The number of carboxylic acids is 1. The number of nitrogens with one attached hydrogen (secondary N) is 1. The highest BCUT2D eigenvalue weighted by Crippen LogP contribution is 2.49. The highest BCUT2D eigenvalue weighted by Gasteiger charge is 2.34. The third-order valence-corrected chi connectivity index (χ3v) is 4.74. The van der Waals surface area contributed by atoms with Crippen molar-refractivity contribution in [1.29, 1.82) is 0 Å². The predicted molar refractivity (Wildman–Crippen MR) is 65.6 cm³/mol. The summed E-state index contributed by atoms with van der Waals surface area (Å²) >= 11 is 1.22. The number of unbranched alkanes of at least 4 members (excludes halogenated alkanes) is 1. The summed E-state index contributed by atoms with van der Waals surface area (Å²) in [5.74, 6) is -0.810. The van der Waals surface area contributed by atoms with Crippen LogP contribution in [-0.4, -0.2) is 32.7 Å². The third kappa shape index (κ3) is 4.03. The van der Waals surface area contributed by atoms with Crippen molar-refractivity contribution in [2.45, 2.75) is 32.2 Å². The van der Waals surface area contributed by atoms with Gasteiger partial charge in [0, 0.05) is 10.7 Å². The lowest BCUT2D eigenvalue weighted by Gasteiger charge is -2.26. The highest BCUT2D eigenvalue weighted by molar-refractivity contribution is 8.03. The van der Waals surface area contributed by atoms with E-state index in [2.05, 4.69) is 5.32 Å². The largest absolute Gasteiger partial charge is 0.480 e. The molecular weight excluding hydrogens is 265 g/mol. The summed E-state index contributed by atoms with van der Waals surface area (Å²) in [7, 11) is -4.43. The van der Waals surface area contributed by atoms with Crippen molar-refractivity contribution in [3.8, 4) is 0 Å². The van der Waals surface area contributed by atoms with Gasteiger partial charge in [0.2, 0.25) is 0 Å². The van der Waals surface area contributed by atoms with Gasteiger partial charge in [-0.25, -0.2) is 4.79 Å². The lowest BCUT2D eigenvalue weighted by atomic mass is 10.2. The Morgan fingerprint density at radius 1 is 1.59 bits per heavy atom. The van der Waals surface area contributed by atoms with Crippen molar-refractivity contribution >= 4 is 25.3 Å². The number of hydrogen-bond acceptors (Lipinski definition) is 4. The number of thioether (sulfide) groups is 1. The fourth-order valence-corrected chi connectivity index (χ4v) is 3.84. The normalized spacial score (nSPS) is 21.2. The minimum absolute atomic E-state index is 0.213. The van der Waals surface area contributed by atoms with Crippen LogP contribution >= 0.6 is 19.4 Å². The van der Waals surface area contributed by atoms with E-state index in [4.69, 9.17) is 5.11 Å². The topological polar surface area (TPSA) is 107 Å². The van der Waals surface area contributed by atoms with Crippen molar-refractivity contribution in [3.63, 3.8) is 0 Å². The smallest absolute Gasteiger partial charge is 0.372 e. The van der Waals surface area contributed by atoms with Crippen molar-refractivity contribution < 1.29 is 24.3 Å². The molecule has 1 rings (SSSR count). The molecule has 0 fully saturated rings. The summed E-state index contributed by atoms with van der Waals surface area (Å²) < 4.78 is 11.3. The van der Waals surface area contributed by atoms with Crippen molar-refractivity contribution in [2.24, 2.45) is 0 Å². The van der Waals surface area contributed by atoms with Gasteiger partial charge in [-0.3, -0.25) is 4.57 Å². The molecule has 4 N–H and O–H groups in total. The predicted octanol–water partition coefficient (Wildman–Crippen LogP) is 1.31. The van der Waals surface area contributed by atoms with Gasteiger partial charge in [-0.1, -0.05) is 13.3 Å². The van der Waals surface area contributed by atoms with Crippen molar-refractivity contribution in [1.82, 2.24) is 5.32 Å². The Balaban J connectivity index is 2.93. The molecule has 17 heavy (non-hydrogen) atoms. The lowest BCUT2D eigenvalue weighted by molar-refractivity contribution is -0.138. The van der Waals surface area contributed by atoms with Crippen LogP contribution in [0, 0.1) is 0 Å². The SMILES string of the molecule is CCCCC1=C(P(=O)(O)O)N[C@H](C(=O)O)CS1. The first-order valence-electron chi connectivity index (χ1n) is 5.27. The molecule has 0 amide bonds. The molecule has 1 aliphatic heterocycles. The first-order chi connectivity index (χ1) is 7.86. The molecule has 1 heterocycles. The number of carboxylic acid groups (broad SMARTS) is 1. The Hall–Kier alpha value is -0.490. The standard InChI is InChI=1S/C9H16NO5PS/c1-2-3-4-7-8(16(13,14)15)10-6(5-17-7)9(11)12/h6,10H,2-5H2,1H3,(H,11,12)(H2,13,14,15)/t6-/m0/s1. The second kappa shape index (κ2) is 5.91. The zero-order valence-electron chi connectivity index (χ0n) is 9.42. The van der Waals surface area contributed by atoms with Gasteiger partial charge in [-0.15, -0.1) is 11.8 Å². The molecule has 8 heteroatoms. The van der Waals surface area contributed by atoms with Crippen LogP contribution in [0.5, 0.6) is 0 Å². The van der Waals surface area contributed by atoms with Crippen LogP contribution in [0.2, 0.25) is 0 Å². The van der Waals surface area contributed by atoms with Gasteiger partial charge in [-0.2, -0.15) is 0 Å². The maximum absolute atomic E-state index is 11.3. The number of allylic oxidation sites excluding steroid dienone is 1. The molecule has 0 unspecified atom stereocenters. The average Bonchev–Trinajstić information content (AvgIpc) is 2.24. The molecule has 0 aromatic heterocycles. The van der Waals surface area contributed by atoms with Crippen LogP contribution in [0.4, 0.5) is 0 Å².